The Balaban J connectivity index is 1.74. The van der Waals surface area contributed by atoms with Crippen LogP contribution in [0.15, 0.2) is 11.6 Å². The Hall–Kier alpha value is -0.670. The molecule has 3 fully saturated rings. The van der Waals surface area contributed by atoms with Gasteiger partial charge in [0.25, 0.3) is 0 Å². The molecule has 0 aromatic carbocycles. The van der Waals surface area contributed by atoms with E-state index in [9.17, 15) is 15.0 Å². The van der Waals surface area contributed by atoms with Crippen LogP contribution in [-0.4, -0.2) is 28.2 Å². The molecule has 3 nitrogen and oxygen atoms in total. The number of aliphatic hydroxyl groups excluding tert-OH is 2. The molecular weight excluding hydrogens is 276 g/mol. The molecule has 4 aliphatic rings. The van der Waals surface area contributed by atoms with E-state index in [0.29, 0.717) is 18.3 Å². The number of ketones is 1. The predicted octanol–water partition coefficient (Wildman–Crippen LogP) is 2.85. The lowest BCUT2D eigenvalue weighted by Crippen LogP contribution is -2.56. The quantitative estimate of drug-likeness (QED) is 0.723. The minimum Gasteiger partial charge on any atom is -0.393 e. The topological polar surface area (TPSA) is 57.5 Å². The van der Waals surface area contributed by atoms with Crippen LogP contribution >= 0.6 is 0 Å². The van der Waals surface area contributed by atoms with Crippen molar-refractivity contribution in [2.45, 2.75) is 71.0 Å². The molecule has 0 aliphatic heterocycles. The van der Waals surface area contributed by atoms with Gasteiger partial charge < -0.3 is 10.2 Å². The Morgan fingerprint density at radius 3 is 2.68 bits per heavy atom. The maximum Gasteiger partial charge on any atom is 0.155 e. The second-order valence-electron chi connectivity index (χ2n) is 8.75. The highest BCUT2D eigenvalue weighted by atomic mass is 16.3. The molecule has 122 valence electrons. The van der Waals surface area contributed by atoms with Crippen LogP contribution in [0.25, 0.3) is 0 Å². The van der Waals surface area contributed by atoms with Crippen LogP contribution in [0.3, 0.4) is 0 Å². The lowest BCUT2D eigenvalue weighted by Gasteiger charge is -2.59. The van der Waals surface area contributed by atoms with E-state index in [1.54, 1.807) is 0 Å². The monoisotopic (exact) mass is 304 g/mol. The molecule has 7 unspecified atom stereocenters. The summed E-state index contributed by atoms with van der Waals surface area (Å²) in [6.45, 7) is 4.49. The third kappa shape index (κ3) is 1.78. The van der Waals surface area contributed by atoms with E-state index in [1.807, 2.05) is 6.08 Å². The van der Waals surface area contributed by atoms with Crippen molar-refractivity contribution in [3.8, 4) is 0 Å². The highest BCUT2D eigenvalue weighted by molar-refractivity contribution is 5.91. The fourth-order valence-corrected chi connectivity index (χ4v) is 6.53. The summed E-state index contributed by atoms with van der Waals surface area (Å²) in [5, 5.41) is 21.4. The number of carbonyl (C=O) groups excluding carboxylic acids is 1. The van der Waals surface area contributed by atoms with Gasteiger partial charge in [0.05, 0.1) is 12.2 Å². The van der Waals surface area contributed by atoms with E-state index in [2.05, 4.69) is 13.8 Å². The second kappa shape index (κ2) is 4.67. The van der Waals surface area contributed by atoms with Crippen LogP contribution in [0.2, 0.25) is 0 Å². The number of allylic oxidation sites excluding steroid dienone is 1. The summed E-state index contributed by atoms with van der Waals surface area (Å²) in [6.07, 6.45) is 7.58. The van der Waals surface area contributed by atoms with Crippen molar-refractivity contribution in [2.75, 3.05) is 0 Å². The van der Waals surface area contributed by atoms with Crippen molar-refractivity contribution in [2.24, 2.45) is 28.6 Å². The summed E-state index contributed by atoms with van der Waals surface area (Å²) in [7, 11) is 0. The van der Waals surface area contributed by atoms with Crippen LogP contribution < -0.4 is 0 Å². The van der Waals surface area contributed by atoms with Crippen molar-refractivity contribution >= 4 is 5.78 Å². The highest BCUT2D eigenvalue weighted by Gasteiger charge is 2.61. The average molecular weight is 304 g/mol. The van der Waals surface area contributed by atoms with Crippen LogP contribution in [-0.2, 0) is 4.79 Å². The van der Waals surface area contributed by atoms with E-state index >= 15 is 0 Å². The summed E-state index contributed by atoms with van der Waals surface area (Å²) in [6, 6.07) is 0. The molecule has 2 N–H and O–H groups in total. The zero-order valence-corrected chi connectivity index (χ0v) is 13.7. The fourth-order valence-electron chi connectivity index (χ4n) is 6.53. The van der Waals surface area contributed by atoms with Crippen molar-refractivity contribution in [1.82, 2.24) is 0 Å². The van der Waals surface area contributed by atoms with Crippen molar-refractivity contribution in [3.05, 3.63) is 11.6 Å². The summed E-state index contributed by atoms with van der Waals surface area (Å²) in [5.41, 5.74) is 1.26. The highest BCUT2D eigenvalue weighted by Crippen LogP contribution is 2.65. The maximum absolute atomic E-state index is 11.8. The van der Waals surface area contributed by atoms with Gasteiger partial charge in [-0.25, -0.2) is 0 Å². The van der Waals surface area contributed by atoms with Crippen molar-refractivity contribution in [1.29, 1.82) is 0 Å². The van der Waals surface area contributed by atoms with E-state index in [1.165, 1.54) is 5.57 Å². The van der Waals surface area contributed by atoms with Gasteiger partial charge in [-0.2, -0.15) is 0 Å². The number of hydrogen-bond acceptors (Lipinski definition) is 3. The van der Waals surface area contributed by atoms with E-state index in [4.69, 9.17) is 0 Å². The first-order chi connectivity index (χ1) is 10.4. The normalized spacial score (nSPS) is 54.3. The molecular formula is C19H28O3. The Labute approximate surface area is 132 Å². The van der Waals surface area contributed by atoms with Gasteiger partial charge in [-0.05, 0) is 73.2 Å². The van der Waals surface area contributed by atoms with Crippen LogP contribution in [0, 0.1) is 28.6 Å². The lowest BCUT2D eigenvalue weighted by molar-refractivity contribution is -0.139. The summed E-state index contributed by atoms with van der Waals surface area (Å²) in [5.74, 6) is 1.42. The predicted molar refractivity (Wildman–Crippen MR) is 84.1 cm³/mol. The van der Waals surface area contributed by atoms with Gasteiger partial charge in [0, 0.05) is 6.42 Å². The molecule has 0 aromatic rings. The van der Waals surface area contributed by atoms with Gasteiger partial charge in [-0.1, -0.05) is 19.4 Å². The Morgan fingerprint density at radius 2 is 1.91 bits per heavy atom. The third-order valence-corrected chi connectivity index (χ3v) is 7.90. The summed E-state index contributed by atoms with van der Waals surface area (Å²) >= 11 is 0. The zero-order valence-electron chi connectivity index (χ0n) is 13.7. The molecule has 7 atom stereocenters. The van der Waals surface area contributed by atoms with Crippen molar-refractivity contribution in [3.63, 3.8) is 0 Å². The number of carbonyl (C=O) groups is 1. The molecule has 4 rings (SSSR count). The minimum absolute atomic E-state index is 0.0570. The number of rotatable bonds is 0. The molecule has 0 spiro atoms. The molecule has 3 saturated carbocycles. The largest absolute Gasteiger partial charge is 0.393 e. The van der Waals surface area contributed by atoms with Gasteiger partial charge in [0.1, 0.15) is 0 Å². The molecule has 0 bridgehead atoms. The molecule has 0 aromatic heterocycles. The molecule has 4 aliphatic carbocycles. The van der Waals surface area contributed by atoms with Crippen LogP contribution in [0.4, 0.5) is 0 Å². The van der Waals surface area contributed by atoms with Gasteiger partial charge in [-0.15, -0.1) is 0 Å². The van der Waals surface area contributed by atoms with Crippen LogP contribution in [0.5, 0.6) is 0 Å². The third-order valence-electron chi connectivity index (χ3n) is 7.90. The maximum atomic E-state index is 11.8. The molecule has 3 heteroatoms. The summed E-state index contributed by atoms with van der Waals surface area (Å²) < 4.78 is 0. The van der Waals surface area contributed by atoms with Gasteiger partial charge >= 0.3 is 0 Å². The molecule has 0 amide bonds. The van der Waals surface area contributed by atoms with Gasteiger partial charge in [0.15, 0.2) is 5.78 Å². The first kappa shape index (κ1) is 14.9. The number of fused-ring (bicyclic) bond motifs is 5. The zero-order chi connectivity index (χ0) is 15.7. The molecule has 0 saturated heterocycles. The Kier molecular flexibility index (Phi) is 3.16. The number of hydrogen-bond donors (Lipinski definition) is 2. The summed E-state index contributed by atoms with van der Waals surface area (Å²) in [4.78, 5) is 11.8. The Morgan fingerprint density at radius 1 is 1.14 bits per heavy atom. The fraction of sp³-hybridized carbons (Fsp3) is 0.842. The first-order valence-corrected chi connectivity index (χ1v) is 8.96. The second-order valence-corrected chi connectivity index (χ2v) is 8.75. The average Bonchev–Trinajstić information content (AvgIpc) is 2.79. The Bertz CT molecular complexity index is 539. The standard InChI is InChI=1S/C19H28O3/c1-18-7-5-12(20)9-11(18)3-4-13-14(18)10-16(22)19(2)8-6-15(21)17(13)19/h9,13-17,21-22H,3-8,10H2,1-2H3. The van der Waals surface area contributed by atoms with E-state index in [-0.39, 0.29) is 34.7 Å². The smallest absolute Gasteiger partial charge is 0.155 e. The molecule has 22 heavy (non-hydrogen) atoms. The number of aliphatic hydroxyl groups is 2. The van der Waals surface area contributed by atoms with Gasteiger partial charge in [0.2, 0.25) is 0 Å². The van der Waals surface area contributed by atoms with Gasteiger partial charge in [-0.3, -0.25) is 4.79 Å². The minimum atomic E-state index is -0.315. The lowest BCUT2D eigenvalue weighted by atomic mass is 9.46. The molecule has 0 heterocycles. The van der Waals surface area contributed by atoms with Crippen LogP contribution in [0.1, 0.15) is 58.8 Å². The SMILES string of the molecule is CC12CCC(=O)C=C1CCC1C2CC(O)C2(C)CCC(O)C12. The molecule has 0 radical (unpaired) electrons. The first-order valence-electron chi connectivity index (χ1n) is 8.96. The van der Waals surface area contributed by atoms with E-state index in [0.717, 1.165) is 38.5 Å². The van der Waals surface area contributed by atoms with Crippen molar-refractivity contribution < 1.29 is 15.0 Å². The van der Waals surface area contributed by atoms with E-state index < -0.39 is 0 Å².